The largest absolute Gasteiger partial charge is 0.308 e. The van der Waals surface area contributed by atoms with E-state index >= 15 is 0 Å². The zero-order chi connectivity index (χ0) is 12.1. The Bertz CT molecular complexity index is 186. The van der Waals surface area contributed by atoms with Crippen LogP contribution in [-0.2, 0) is 0 Å². The lowest BCUT2D eigenvalue weighted by Crippen LogP contribution is -2.37. The van der Waals surface area contributed by atoms with Crippen LogP contribution in [0.15, 0.2) is 12.2 Å². The second kappa shape index (κ2) is 6.32. The molecule has 0 fully saturated rings. The van der Waals surface area contributed by atoms with Crippen molar-refractivity contribution in [1.29, 1.82) is 0 Å². The summed E-state index contributed by atoms with van der Waals surface area (Å²) in [6.45, 7) is 18.5. The van der Waals surface area contributed by atoms with E-state index in [0.717, 1.165) is 12.5 Å². The van der Waals surface area contributed by atoms with Crippen LogP contribution >= 0.6 is 0 Å². The molecule has 0 aliphatic carbocycles. The summed E-state index contributed by atoms with van der Waals surface area (Å²) in [5.41, 5.74) is 1.53. The summed E-state index contributed by atoms with van der Waals surface area (Å²) in [4.78, 5) is 0. The van der Waals surface area contributed by atoms with Crippen molar-refractivity contribution in [3.05, 3.63) is 12.2 Å². The Morgan fingerprint density at radius 1 is 1.13 bits per heavy atom. The first-order valence-electron chi connectivity index (χ1n) is 6.15. The van der Waals surface area contributed by atoms with Gasteiger partial charge in [0, 0.05) is 12.1 Å². The van der Waals surface area contributed by atoms with Crippen LogP contribution in [0.25, 0.3) is 0 Å². The highest BCUT2D eigenvalue weighted by atomic mass is 14.9. The quantitative estimate of drug-likeness (QED) is 0.655. The maximum Gasteiger partial charge on any atom is 0.0169 e. The Morgan fingerprint density at radius 3 is 2.07 bits per heavy atom. The van der Waals surface area contributed by atoms with Crippen LogP contribution in [0, 0.1) is 11.8 Å². The summed E-state index contributed by atoms with van der Waals surface area (Å²) in [5, 5.41) is 3.49. The molecule has 0 spiro atoms. The molecule has 1 heteroatoms. The normalized spacial score (nSPS) is 14.3. The first kappa shape index (κ1) is 14.7. The molecule has 0 aromatic heterocycles. The van der Waals surface area contributed by atoms with Crippen LogP contribution in [-0.4, -0.2) is 12.1 Å². The number of hydrogen-bond acceptors (Lipinski definition) is 1. The maximum absolute atomic E-state index is 4.17. The zero-order valence-corrected chi connectivity index (χ0v) is 11.5. The zero-order valence-electron chi connectivity index (χ0n) is 11.5. The molecule has 1 nitrogen and oxygen atoms in total. The molecule has 0 bridgehead atoms. The van der Waals surface area contributed by atoms with Crippen LogP contribution in [0.2, 0.25) is 0 Å². The third-order valence-corrected chi connectivity index (χ3v) is 2.72. The van der Waals surface area contributed by atoms with Crippen molar-refractivity contribution in [2.45, 2.75) is 59.9 Å². The van der Waals surface area contributed by atoms with Gasteiger partial charge in [-0.05, 0) is 39.0 Å². The average Bonchev–Trinajstić information content (AvgIpc) is 2.08. The van der Waals surface area contributed by atoms with E-state index in [1.807, 2.05) is 0 Å². The van der Waals surface area contributed by atoms with Gasteiger partial charge in [0.25, 0.3) is 0 Å². The minimum absolute atomic E-state index is 0.195. The van der Waals surface area contributed by atoms with E-state index < -0.39 is 0 Å². The second-order valence-corrected chi connectivity index (χ2v) is 6.13. The van der Waals surface area contributed by atoms with Gasteiger partial charge in [0.15, 0.2) is 0 Å². The van der Waals surface area contributed by atoms with Gasteiger partial charge >= 0.3 is 0 Å². The first-order chi connectivity index (χ1) is 6.72. The van der Waals surface area contributed by atoms with Gasteiger partial charge in [0.2, 0.25) is 0 Å². The molecule has 90 valence electrons. The molecule has 0 saturated heterocycles. The summed E-state index contributed by atoms with van der Waals surface area (Å²) < 4.78 is 0. The monoisotopic (exact) mass is 211 g/mol. The summed E-state index contributed by atoms with van der Waals surface area (Å²) in [6, 6.07) is 0. The predicted molar refractivity (Wildman–Crippen MR) is 70.1 cm³/mol. The van der Waals surface area contributed by atoms with Crippen LogP contribution < -0.4 is 5.32 Å². The third-order valence-electron chi connectivity index (χ3n) is 2.72. The Hall–Kier alpha value is -0.300. The average molecular weight is 211 g/mol. The van der Waals surface area contributed by atoms with Gasteiger partial charge in [-0.1, -0.05) is 39.3 Å². The maximum atomic E-state index is 4.17. The number of nitrogens with one attached hydrogen (secondary N) is 1. The first-order valence-corrected chi connectivity index (χ1v) is 6.15. The van der Waals surface area contributed by atoms with E-state index in [4.69, 9.17) is 0 Å². The van der Waals surface area contributed by atoms with E-state index in [0.29, 0.717) is 5.92 Å². The fraction of sp³-hybridized carbons (Fsp3) is 0.857. The molecule has 15 heavy (non-hydrogen) atoms. The molecule has 0 rings (SSSR count). The van der Waals surface area contributed by atoms with Crippen molar-refractivity contribution in [2.75, 3.05) is 6.54 Å². The summed E-state index contributed by atoms with van der Waals surface area (Å²) >= 11 is 0. The molecule has 1 N–H and O–H groups in total. The summed E-state index contributed by atoms with van der Waals surface area (Å²) in [5.74, 6) is 1.44. The fourth-order valence-corrected chi connectivity index (χ4v) is 1.34. The Balaban J connectivity index is 3.80. The molecule has 0 radical (unpaired) electrons. The van der Waals surface area contributed by atoms with Crippen molar-refractivity contribution >= 4 is 0 Å². The van der Waals surface area contributed by atoms with E-state index in [2.05, 4.69) is 53.4 Å². The number of rotatable bonds is 6. The second-order valence-electron chi connectivity index (χ2n) is 6.13. The molecule has 0 amide bonds. The molecule has 0 aliphatic heterocycles. The highest BCUT2D eigenvalue weighted by molar-refractivity contribution is 5.02. The molecular weight excluding hydrogens is 182 g/mol. The fourth-order valence-electron chi connectivity index (χ4n) is 1.34. The SMILES string of the molecule is C=C(CNC(C)(C)C)C(C)CCC(C)C. The van der Waals surface area contributed by atoms with E-state index in [1.165, 1.54) is 18.4 Å². The molecular formula is C14H29N. The van der Waals surface area contributed by atoms with Gasteiger partial charge in [-0.2, -0.15) is 0 Å². The molecule has 0 aromatic carbocycles. The molecule has 1 atom stereocenters. The third kappa shape index (κ3) is 8.68. The lowest BCUT2D eigenvalue weighted by atomic mass is 9.93. The van der Waals surface area contributed by atoms with Gasteiger partial charge in [0.1, 0.15) is 0 Å². The van der Waals surface area contributed by atoms with Crippen LogP contribution in [0.4, 0.5) is 0 Å². The molecule has 1 unspecified atom stereocenters. The topological polar surface area (TPSA) is 12.0 Å². The van der Waals surface area contributed by atoms with E-state index in [-0.39, 0.29) is 5.54 Å². The van der Waals surface area contributed by atoms with Gasteiger partial charge in [-0.15, -0.1) is 0 Å². The van der Waals surface area contributed by atoms with Crippen molar-refractivity contribution in [3.8, 4) is 0 Å². The lowest BCUT2D eigenvalue weighted by Gasteiger charge is -2.24. The van der Waals surface area contributed by atoms with Gasteiger partial charge in [-0.25, -0.2) is 0 Å². The highest BCUT2D eigenvalue weighted by Gasteiger charge is 2.12. The smallest absolute Gasteiger partial charge is 0.0169 e. The molecule has 0 heterocycles. The number of hydrogen-bond donors (Lipinski definition) is 1. The van der Waals surface area contributed by atoms with Crippen LogP contribution in [0.1, 0.15) is 54.4 Å². The van der Waals surface area contributed by atoms with Gasteiger partial charge < -0.3 is 5.32 Å². The van der Waals surface area contributed by atoms with E-state index in [9.17, 15) is 0 Å². The summed E-state index contributed by atoms with van der Waals surface area (Å²) in [6.07, 6.45) is 2.57. The van der Waals surface area contributed by atoms with Gasteiger partial charge in [-0.3, -0.25) is 0 Å². The van der Waals surface area contributed by atoms with Crippen molar-refractivity contribution in [3.63, 3.8) is 0 Å². The Labute approximate surface area is 96.3 Å². The Morgan fingerprint density at radius 2 is 1.67 bits per heavy atom. The minimum atomic E-state index is 0.195. The Kier molecular flexibility index (Phi) is 6.19. The molecule has 0 saturated carbocycles. The minimum Gasteiger partial charge on any atom is -0.308 e. The van der Waals surface area contributed by atoms with Crippen molar-refractivity contribution < 1.29 is 0 Å². The summed E-state index contributed by atoms with van der Waals surface area (Å²) in [7, 11) is 0. The lowest BCUT2D eigenvalue weighted by molar-refractivity contribution is 0.422. The highest BCUT2D eigenvalue weighted by Crippen LogP contribution is 2.18. The van der Waals surface area contributed by atoms with Gasteiger partial charge in [0.05, 0.1) is 0 Å². The molecule has 0 aliphatic rings. The predicted octanol–water partition coefficient (Wildman–Crippen LogP) is 4.00. The van der Waals surface area contributed by atoms with Crippen LogP contribution in [0.3, 0.4) is 0 Å². The standard InChI is InChI=1S/C14H29N/c1-11(2)8-9-12(3)13(4)10-15-14(5,6)7/h11-12,15H,4,8-10H2,1-3,5-7H3. The molecule has 0 aromatic rings. The van der Waals surface area contributed by atoms with Crippen molar-refractivity contribution in [2.24, 2.45) is 11.8 Å². The van der Waals surface area contributed by atoms with Crippen molar-refractivity contribution in [1.82, 2.24) is 5.32 Å². The van der Waals surface area contributed by atoms with Crippen LogP contribution in [0.5, 0.6) is 0 Å². The van der Waals surface area contributed by atoms with E-state index in [1.54, 1.807) is 0 Å².